The van der Waals surface area contributed by atoms with Crippen LogP contribution in [0.1, 0.15) is 42.6 Å². The molecule has 1 N–H and O–H groups in total. The topological polar surface area (TPSA) is 64.3 Å². The first kappa shape index (κ1) is 15.7. The van der Waals surface area contributed by atoms with Gasteiger partial charge in [-0.2, -0.15) is 0 Å². The van der Waals surface area contributed by atoms with Gasteiger partial charge >= 0.3 is 0 Å². The second-order valence-corrected chi connectivity index (χ2v) is 7.25. The summed E-state index contributed by atoms with van der Waals surface area (Å²) in [5.74, 6) is 0. The fourth-order valence-corrected chi connectivity index (χ4v) is 4.44. The molecule has 0 spiro atoms. The Morgan fingerprint density at radius 1 is 1.35 bits per heavy atom. The SMILES string of the molecule is CCC1(O)CC(OC)c2c1cc1n(c2=O)Cc2cc3ccccc3nc2-1. The Kier molecular flexibility index (Phi) is 3.18. The molecular formula is C21H20N2O3. The van der Waals surface area contributed by atoms with Crippen LogP contribution in [0.5, 0.6) is 0 Å². The first-order valence-electron chi connectivity index (χ1n) is 8.98. The van der Waals surface area contributed by atoms with Crippen molar-refractivity contribution in [2.45, 2.75) is 38.0 Å². The van der Waals surface area contributed by atoms with Crippen molar-refractivity contribution < 1.29 is 9.84 Å². The van der Waals surface area contributed by atoms with Crippen LogP contribution in [0, 0.1) is 0 Å². The Morgan fingerprint density at radius 2 is 2.15 bits per heavy atom. The van der Waals surface area contributed by atoms with Gasteiger partial charge in [-0.3, -0.25) is 4.79 Å². The van der Waals surface area contributed by atoms with Crippen LogP contribution >= 0.6 is 0 Å². The zero-order valence-electron chi connectivity index (χ0n) is 14.8. The lowest BCUT2D eigenvalue weighted by Crippen LogP contribution is -2.26. The highest BCUT2D eigenvalue weighted by Gasteiger charge is 2.45. The number of aliphatic hydroxyl groups is 1. The third-order valence-corrected chi connectivity index (χ3v) is 5.93. The molecule has 0 saturated heterocycles. The molecule has 0 radical (unpaired) electrons. The number of hydrogen-bond donors (Lipinski definition) is 1. The third-order valence-electron chi connectivity index (χ3n) is 5.93. The highest BCUT2D eigenvalue weighted by molar-refractivity contribution is 5.84. The average Bonchev–Trinajstić information content (AvgIpc) is 3.16. The molecule has 5 nitrogen and oxygen atoms in total. The molecule has 5 heteroatoms. The predicted octanol–water partition coefficient (Wildman–Crippen LogP) is 3.11. The molecule has 1 aliphatic carbocycles. The molecule has 0 saturated carbocycles. The smallest absolute Gasteiger partial charge is 0.257 e. The summed E-state index contributed by atoms with van der Waals surface area (Å²) in [5.41, 5.74) is 3.78. The zero-order chi connectivity index (χ0) is 18.1. The second-order valence-electron chi connectivity index (χ2n) is 7.25. The summed E-state index contributed by atoms with van der Waals surface area (Å²) in [5, 5.41) is 12.1. The van der Waals surface area contributed by atoms with Gasteiger partial charge < -0.3 is 14.4 Å². The first-order valence-corrected chi connectivity index (χ1v) is 8.98. The van der Waals surface area contributed by atoms with E-state index in [1.54, 1.807) is 11.7 Å². The molecule has 1 aliphatic heterocycles. The normalized spacial score (nSPS) is 23.1. The minimum atomic E-state index is -1.02. The van der Waals surface area contributed by atoms with Crippen molar-refractivity contribution in [1.82, 2.24) is 9.55 Å². The lowest BCUT2D eigenvalue weighted by atomic mass is 9.93. The molecular weight excluding hydrogens is 328 g/mol. The van der Waals surface area contributed by atoms with Crippen LogP contribution in [-0.2, 0) is 16.9 Å². The molecule has 2 unspecified atom stereocenters. The van der Waals surface area contributed by atoms with E-state index in [9.17, 15) is 9.90 Å². The summed E-state index contributed by atoms with van der Waals surface area (Å²) in [4.78, 5) is 18.0. The van der Waals surface area contributed by atoms with Crippen LogP contribution in [0.4, 0.5) is 0 Å². The van der Waals surface area contributed by atoms with E-state index in [4.69, 9.17) is 9.72 Å². The van der Waals surface area contributed by atoms with Gasteiger partial charge in [0.1, 0.15) is 0 Å². The van der Waals surface area contributed by atoms with Crippen molar-refractivity contribution in [3.63, 3.8) is 0 Å². The van der Waals surface area contributed by atoms with Gasteiger partial charge in [-0.25, -0.2) is 4.98 Å². The fraction of sp³-hybridized carbons (Fsp3) is 0.333. The molecule has 3 aromatic rings. The molecule has 0 amide bonds. The Hall–Kier alpha value is -2.50. The van der Waals surface area contributed by atoms with Crippen LogP contribution in [0.3, 0.4) is 0 Å². The number of methoxy groups -OCH3 is 1. The number of hydrogen-bond acceptors (Lipinski definition) is 4. The molecule has 132 valence electrons. The lowest BCUT2D eigenvalue weighted by Gasteiger charge is -2.22. The second kappa shape index (κ2) is 5.25. The van der Waals surface area contributed by atoms with Gasteiger partial charge in [0, 0.05) is 24.5 Å². The molecule has 0 fully saturated rings. The number of nitrogens with zero attached hydrogens (tertiary/aromatic N) is 2. The van der Waals surface area contributed by atoms with E-state index < -0.39 is 5.60 Å². The van der Waals surface area contributed by atoms with Crippen LogP contribution in [0.15, 0.2) is 41.2 Å². The number of rotatable bonds is 2. The largest absolute Gasteiger partial charge is 0.385 e. The van der Waals surface area contributed by atoms with Crippen LogP contribution in [0.25, 0.3) is 22.3 Å². The summed E-state index contributed by atoms with van der Waals surface area (Å²) in [7, 11) is 1.59. The van der Waals surface area contributed by atoms with E-state index in [1.165, 1.54) is 0 Å². The zero-order valence-corrected chi connectivity index (χ0v) is 14.8. The van der Waals surface area contributed by atoms with E-state index in [0.29, 0.717) is 30.5 Å². The predicted molar refractivity (Wildman–Crippen MR) is 99.1 cm³/mol. The Labute approximate surface area is 150 Å². The minimum absolute atomic E-state index is 0.0734. The Morgan fingerprint density at radius 3 is 2.92 bits per heavy atom. The van der Waals surface area contributed by atoms with Crippen molar-refractivity contribution in [3.8, 4) is 11.4 Å². The van der Waals surface area contributed by atoms with E-state index >= 15 is 0 Å². The monoisotopic (exact) mass is 348 g/mol. The molecule has 0 bridgehead atoms. The standard InChI is InChI=1S/C21H20N2O3/c1-3-21(25)10-17(26-2)18-14(21)9-16-19-13(11-23(16)20(18)24)8-12-6-4-5-7-15(12)22-19/h4-9,17,25H,3,10-11H2,1-2H3. The number of ether oxygens (including phenoxy) is 1. The maximum Gasteiger partial charge on any atom is 0.257 e. The molecule has 2 aromatic heterocycles. The highest BCUT2D eigenvalue weighted by atomic mass is 16.5. The van der Waals surface area contributed by atoms with E-state index in [-0.39, 0.29) is 11.7 Å². The summed E-state index contributed by atoms with van der Waals surface area (Å²) >= 11 is 0. The fourth-order valence-electron chi connectivity index (χ4n) is 4.44. The average molecular weight is 348 g/mol. The van der Waals surface area contributed by atoms with Crippen LogP contribution in [-0.4, -0.2) is 21.8 Å². The maximum atomic E-state index is 13.2. The van der Waals surface area contributed by atoms with Gasteiger partial charge in [-0.15, -0.1) is 0 Å². The molecule has 26 heavy (non-hydrogen) atoms. The number of para-hydroxylation sites is 1. The summed E-state index contributed by atoms with van der Waals surface area (Å²) < 4.78 is 7.29. The van der Waals surface area contributed by atoms with Gasteiger partial charge in [0.25, 0.3) is 5.56 Å². The summed E-state index contributed by atoms with van der Waals surface area (Å²) in [6.45, 7) is 2.45. The van der Waals surface area contributed by atoms with Crippen molar-refractivity contribution in [2.24, 2.45) is 0 Å². The quantitative estimate of drug-likeness (QED) is 0.604. The van der Waals surface area contributed by atoms with E-state index in [2.05, 4.69) is 6.07 Å². The number of benzene rings is 1. The molecule has 1 aromatic carbocycles. The lowest BCUT2D eigenvalue weighted by molar-refractivity contribution is -0.0101. The number of aromatic nitrogens is 2. The molecule has 3 heterocycles. The van der Waals surface area contributed by atoms with Gasteiger partial charge in [-0.05, 0) is 30.2 Å². The van der Waals surface area contributed by atoms with E-state index in [0.717, 1.165) is 27.9 Å². The number of pyridine rings is 2. The van der Waals surface area contributed by atoms with Crippen molar-refractivity contribution in [3.05, 3.63) is 63.4 Å². The van der Waals surface area contributed by atoms with Gasteiger partial charge in [-0.1, -0.05) is 25.1 Å². The van der Waals surface area contributed by atoms with Gasteiger partial charge in [0.2, 0.25) is 0 Å². The van der Waals surface area contributed by atoms with Crippen molar-refractivity contribution >= 4 is 10.9 Å². The number of fused-ring (bicyclic) bond motifs is 5. The highest BCUT2D eigenvalue weighted by Crippen LogP contribution is 2.47. The van der Waals surface area contributed by atoms with Gasteiger partial charge in [0.05, 0.1) is 40.7 Å². The molecule has 2 aliphatic rings. The maximum absolute atomic E-state index is 13.2. The summed E-state index contributed by atoms with van der Waals surface area (Å²) in [6, 6.07) is 12.0. The van der Waals surface area contributed by atoms with Gasteiger partial charge in [0.15, 0.2) is 0 Å². The first-order chi connectivity index (χ1) is 12.6. The third kappa shape index (κ3) is 1.93. The van der Waals surface area contributed by atoms with Crippen LogP contribution < -0.4 is 5.56 Å². The van der Waals surface area contributed by atoms with E-state index in [1.807, 2.05) is 37.3 Å². The summed E-state index contributed by atoms with van der Waals surface area (Å²) in [6.07, 6.45) is 0.600. The minimum Gasteiger partial charge on any atom is -0.385 e. The Balaban J connectivity index is 1.80. The Bertz CT molecular complexity index is 1120. The molecule has 2 atom stereocenters. The van der Waals surface area contributed by atoms with Crippen molar-refractivity contribution in [1.29, 1.82) is 0 Å². The van der Waals surface area contributed by atoms with Crippen molar-refractivity contribution in [2.75, 3.05) is 7.11 Å². The molecule has 5 rings (SSSR count). The van der Waals surface area contributed by atoms with Crippen LogP contribution in [0.2, 0.25) is 0 Å².